The molecule has 6 atom stereocenters. The van der Waals surface area contributed by atoms with Gasteiger partial charge < -0.3 is 24.4 Å². The maximum atomic E-state index is 13.1. The third-order valence-electron chi connectivity index (χ3n) is 7.76. The Hall–Kier alpha value is -2.60. The lowest BCUT2D eigenvalue weighted by Crippen LogP contribution is -2.45. The number of nitrogens with one attached hydrogen (secondary N) is 1. The second kappa shape index (κ2) is 14.7. The molecule has 6 unspecified atom stereocenters. The second-order valence-electron chi connectivity index (χ2n) is 10.8. The van der Waals surface area contributed by atoms with Crippen LogP contribution in [0.25, 0.3) is 0 Å². The van der Waals surface area contributed by atoms with E-state index in [2.05, 4.69) is 5.48 Å². The minimum absolute atomic E-state index is 0.0627. The Kier molecular flexibility index (Phi) is 11.7. The highest BCUT2D eigenvalue weighted by Gasteiger charge is 2.45. The Morgan fingerprint density at radius 2 is 1.92 bits per heavy atom. The van der Waals surface area contributed by atoms with Crippen LogP contribution in [0.15, 0.2) is 23.4 Å². The topological polar surface area (TPSA) is 158 Å². The van der Waals surface area contributed by atoms with Gasteiger partial charge in [0, 0.05) is 37.0 Å². The van der Waals surface area contributed by atoms with Gasteiger partial charge >= 0.3 is 11.9 Å². The highest BCUT2D eigenvalue weighted by atomic mass is 16.7. The number of esters is 1. The van der Waals surface area contributed by atoms with Gasteiger partial charge in [-0.25, -0.2) is 0 Å². The van der Waals surface area contributed by atoms with Crippen LogP contribution >= 0.6 is 0 Å². The van der Waals surface area contributed by atoms with Gasteiger partial charge in [-0.1, -0.05) is 26.8 Å². The molecular weight excluding hydrogens is 510 g/mol. The minimum atomic E-state index is -1.26. The van der Waals surface area contributed by atoms with Gasteiger partial charge in [-0.3, -0.25) is 29.5 Å². The van der Waals surface area contributed by atoms with Gasteiger partial charge in [0.2, 0.25) is 0 Å². The summed E-state index contributed by atoms with van der Waals surface area (Å²) >= 11 is 0. The molecule has 0 amide bonds. The molecular formula is C28H41NO10. The highest BCUT2D eigenvalue weighted by Crippen LogP contribution is 2.45. The van der Waals surface area contributed by atoms with Crippen LogP contribution in [0.5, 0.6) is 0 Å². The van der Waals surface area contributed by atoms with E-state index in [-0.39, 0.29) is 60.8 Å². The second-order valence-corrected chi connectivity index (χ2v) is 10.8. The van der Waals surface area contributed by atoms with Crippen molar-refractivity contribution in [1.29, 1.82) is 0 Å². The number of allylic oxidation sites excluding steroid dienone is 2. The van der Waals surface area contributed by atoms with Crippen molar-refractivity contribution in [1.82, 2.24) is 5.48 Å². The van der Waals surface area contributed by atoms with Gasteiger partial charge in [0.1, 0.15) is 18.7 Å². The largest absolute Gasteiger partial charge is 0.481 e. The van der Waals surface area contributed by atoms with E-state index in [0.29, 0.717) is 50.4 Å². The van der Waals surface area contributed by atoms with E-state index in [4.69, 9.17) is 24.2 Å². The van der Waals surface area contributed by atoms with Crippen molar-refractivity contribution in [2.24, 2.45) is 29.6 Å². The number of hydrogen-bond donors (Lipinski definition) is 3. The third kappa shape index (κ3) is 8.69. The lowest BCUT2D eigenvalue weighted by Gasteiger charge is -2.43. The summed E-state index contributed by atoms with van der Waals surface area (Å²) in [6.45, 7) is 7.17. The van der Waals surface area contributed by atoms with Crippen molar-refractivity contribution in [3.05, 3.63) is 23.4 Å². The maximum absolute atomic E-state index is 13.1. The quantitative estimate of drug-likeness (QED) is 0.215. The van der Waals surface area contributed by atoms with E-state index in [9.17, 15) is 24.3 Å². The smallest absolute Gasteiger partial charge is 0.308 e. The molecule has 0 aromatic rings. The lowest BCUT2D eigenvalue weighted by molar-refractivity contribution is -0.158. The minimum Gasteiger partial charge on any atom is -0.481 e. The summed E-state index contributed by atoms with van der Waals surface area (Å²) in [7, 11) is 0. The number of ether oxygens (including phenoxy) is 3. The fraction of sp³-hybridized carbons (Fsp3) is 0.714. The fourth-order valence-corrected chi connectivity index (χ4v) is 5.29. The first-order valence-corrected chi connectivity index (χ1v) is 13.7. The maximum Gasteiger partial charge on any atom is 0.308 e. The molecule has 39 heavy (non-hydrogen) atoms. The van der Waals surface area contributed by atoms with Crippen molar-refractivity contribution in [2.45, 2.75) is 71.5 Å². The van der Waals surface area contributed by atoms with E-state index in [1.54, 1.807) is 6.08 Å². The summed E-state index contributed by atoms with van der Waals surface area (Å²) in [5.41, 5.74) is 4.27. The Balaban J connectivity index is 1.76. The lowest BCUT2D eigenvalue weighted by atomic mass is 9.65. The molecule has 0 aromatic carbocycles. The zero-order chi connectivity index (χ0) is 28.5. The zero-order valence-corrected chi connectivity index (χ0v) is 22.9. The van der Waals surface area contributed by atoms with Crippen molar-refractivity contribution >= 4 is 23.5 Å². The van der Waals surface area contributed by atoms with E-state index >= 15 is 0 Å². The molecule has 218 valence electrons. The number of rotatable bonds is 14. The normalized spacial score (nSPS) is 27.0. The number of carbonyl (C=O) groups excluding carboxylic acids is 3. The molecule has 2 aliphatic carbocycles. The Labute approximate surface area is 228 Å². The summed E-state index contributed by atoms with van der Waals surface area (Å²) in [6, 6.07) is 0. The summed E-state index contributed by atoms with van der Waals surface area (Å²) in [5.74, 6) is -3.15. The molecule has 1 saturated heterocycles. The van der Waals surface area contributed by atoms with E-state index in [1.165, 1.54) is 0 Å². The van der Waals surface area contributed by atoms with Crippen LogP contribution < -0.4 is 5.48 Å². The van der Waals surface area contributed by atoms with Crippen LogP contribution in [0.2, 0.25) is 0 Å². The Morgan fingerprint density at radius 3 is 2.59 bits per heavy atom. The summed E-state index contributed by atoms with van der Waals surface area (Å²) < 4.78 is 16.6. The van der Waals surface area contributed by atoms with Crippen LogP contribution in [-0.2, 0) is 38.2 Å². The molecule has 3 rings (SSSR count). The predicted molar refractivity (Wildman–Crippen MR) is 138 cm³/mol. The average molecular weight is 552 g/mol. The number of Topliss-reactive ketones (excluding diaryl/α,β-unsaturated/α-hetero) is 1. The van der Waals surface area contributed by atoms with Gasteiger partial charge in [-0.05, 0) is 30.4 Å². The van der Waals surface area contributed by atoms with Crippen LogP contribution in [0.4, 0.5) is 0 Å². The number of aliphatic hydroxyl groups is 1. The number of aliphatic hydroxyl groups excluding tert-OH is 1. The number of ketones is 2. The molecule has 0 spiro atoms. The number of hydrogen-bond acceptors (Lipinski definition) is 10. The highest BCUT2D eigenvalue weighted by molar-refractivity contribution is 5.94. The molecule has 0 bridgehead atoms. The first-order chi connectivity index (χ1) is 18.6. The fourth-order valence-electron chi connectivity index (χ4n) is 5.29. The van der Waals surface area contributed by atoms with Crippen molar-refractivity contribution < 1.29 is 48.4 Å². The molecule has 0 saturated carbocycles. The predicted octanol–water partition coefficient (Wildman–Crippen LogP) is 2.33. The van der Waals surface area contributed by atoms with Crippen molar-refractivity contribution in [2.75, 3.05) is 26.6 Å². The summed E-state index contributed by atoms with van der Waals surface area (Å²) in [5, 5.41) is 18.7. The molecule has 11 heteroatoms. The molecule has 11 nitrogen and oxygen atoms in total. The number of carboxylic acid groups (broad SMARTS) is 1. The first-order valence-electron chi connectivity index (χ1n) is 13.7. The number of aliphatic carboxylic acids is 1. The third-order valence-corrected chi connectivity index (χ3v) is 7.76. The molecule has 0 aromatic heterocycles. The van der Waals surface area contributed by atoms with Crippen molar-refractivity contribution in [3.63, 3.8) is 0 Å². The molecule has 1 aliphatic heterocycles. The molecule has 0 radical (unpaired) electrons. The Morgan fingerprint density at radius 1 is 1.21 bits per heavy atom. The summed E-state index contributed by atoms with van der Waals surface area (Å²) in [6.07, 6.45) is 2.32. The van der Waals surface area contributed by atoms with Crippen LogP contribution in [0.1, 0.15) is 59.3 Å². The van der Waals surface area contributed by atoms with Crippen LogP contribution in [-0.4, -0.2) is 72.5 Å². The standard InChI is InChI=1S/C28H41NO10/c1-4-16(2)28(35)39-25-8-7-23(29-38-14-18-12-36-15-37-13-18)22-11-24(32)17(3)21(27(22)25)6-5-19(30)9-20(31)10-26(33)34/h7,11,16-18,20-21,25,27,29,31H,4-6,8-10,12-15H2,1-3H3,(H,33,34). The van der Waals surface area contributed by atoms with Crippen molar-refractivity contribution in [3.8, 4) is 0 Å². The molecule has 1 heterocycles. The zero-order valence-electron chi connectivity index (χ0n) is 22.9. The average Bonchev–Trinajstić information content (AvgIpc) is 2.89. The van der Waals surface area contributed by atoms with Gasteiger partial charge in [0.15, 0.2) is 5.78 Å². The monoisotopic (exact) mass is 551 g/mol. The van der Waals surface area contributed by atoms with E-state index in [0.717, 1.165) is 0 Å². The van der Waals surface area contributed by atoms with Crippen LogP contribution in [0, 0.1) is 29.6 Å². The SMILES string of the molecule is CCC(C)C(=O)OC1CC=C(NOCC2COCOC2)C2=CC(=O)C(C)C(CCC(=O)CC(O)CC(=O)O)C21. The van der Waals surface area contributed by atoms with Gasteiger partial charge in [0.05, 0.1) is 44.0 Å². The molecule has 1 fully saturated rings. The number of hydroxylamine groups is 1. The van der Waals surface area contributed by atoms with Gasteiger partial charge in [0.25, 0.3) is 0 Å². The summed E-state index contributed by atoms with van der Waals surface area (Å²) in [4.78, 5) is 54.9. The number of carboxylic acids is 1. The first kappa shape index (κ1) is 30.9. The van der Waals surface area contributed by atoms with Gasteiger partial charge in [-0.2, -0.15) is 0 Å². The molecule has 3 aliphatic rings. The Bertz CT molecular complexity index is 954. The molecule has 3 N–H and O–H groups in total. The number of carbonyl (C=O) groups is 4. The van der Waals surface area contributed by atoms with Crippen LogP contribution in [0.3, 0.4) is 0 Å². The van der Waals surface area contributed by atoms with Gasteiger partial charge in [-0.15, -0.1) is 0 Å². The number of fused-ring (bicyclic) bond motifs is 1. The van der Waals surface area contributed by atoms with E-state index in [1.807, 2.05) is 26.8 Å². The van der Waals surface area contributed by atoms with E-state index < -0.39 is 30.5 Å².